The standard InChI is InChI=1S/C13H14ClNO3/c1-8-7-9(14)3-4-10(8)15-11(13(17)18-2)5-6-12(15)16/h3-4,7,11H,5-6H2,1-2H3. The number of carbonyl (C=O) groups excluding carboxylic acids is 2. The maximum atomic E-state index is 11.9. The third kappa shape index (κ3) is 2.20. The Morgan fingerprint density at radius 1 is 1.50 bits per heavy atom. The van der Waals surface area contributed by atoms with E-state index in [-0.39, 0.29) is 11.9 Å². The number of amides is 1. The summed E-state index contributed by atoms with van der Waals surface area (Å²) in [6.07, 6.45) is 0.857. The lowest BCUT2D eigenvalue weighted by Gasteiger charge is -2.24. The van der Waals surface area contributed by atoms with E-state index in [1.54, 1.807) is 18.2 Å². The van der Waals surface area contributed by atoms with Gasteiger partial charge in [-0.05, 0) is 37.1 Å². The molecule has 96 valence electrons. The largest absolute Gasteiger partial charge is 0.467 e. The third-order valence-electron chi connectivity index (χ3n) is 3.10. The number of halogens is 1. The van der Waals surface area contributed by atoms with Crippen molar-refractivity contribution in [3.05, 3.63) is 28.8 Å². The quantitative estimate of drug-likeness (QED) is 0.773. The third-order valence-corrected chi connectivity index (χ3v) is 3.34. The Labute approximate surface area is 110 Å². The fraction of sp³-hybridized carbons (Fsp3) is 0.385. The van der Waals surface area contributed by atoms with E-state index in [0.717, 1.165) is 11.3 Å². The van der Waals surface area contributed by atoms with Gasteiger partial charge in [-0.15, -0.1) is 0 Å². The summed E-state index contributed by atoms with van der Waals surface area (Å²) in [6, 6.07) is 4.72. The zero-order valence-electron chi connectivity index (χ0n) is 10.3. The summed E-state index contributed by atoms with van der Waals surface area (Å²) >= 11 is 5.89. The number of esters is 1. The Balaban J connectivity index is 2.39. The molecule has 0 aliphatic carbocycles. The number of rotatable bonds is 2. The molecule has 5 heteroatoms. The van der Waals surface area contributed by atoms with Gasteiger partial charge in [0, 0.05) is 17.1 Å². The first-order valence-corrected chi connectivity index (χ1v) is 6.08. The van der Waals surface area contributed by atoms with Crippen LogP contribution in [-0.2, 0) is 14.3 Å². The second-order valence-electron chi connectivity index (χ2n) is 4.27. The van der Waals surface area contributed by atoms with Gasteiger partial charge < -0.3 is 4.74 Å². The average Bonchev–Trinajstić information content (AvgIpc) is 2.70. The van der Waals surface area contributed by atoms with Crippen LogP contribution in [0.4, 0.5) is 5.69 Å². The molecule has 0 radical (unpaired) electrons. The minimum absolute atomic E-state index is 0.0594. The molecular formula is C13H14ClNO3. The molecule has 2 rings (SSSR count). The summed E-state index contributed by atoms with van der Waals surface area (Å²) in [7, 11) is 1.33. The van der Waals surface area contributed by atoms with E-state index in [2.05, 4.69) is 0 Å². The Kier molecular flexibility index (Phi) is 3.57. The molecule has 18 heavy (non-hydrogen) atoms. The van der Waals surface area contributed by atoms with Gasteiger partial charge in [-0.1, -0.05) is 11.6 Å². The van der Waals surface area contributed by atoms with Gasteiger partial charge in [0.25, 0.3) is 0 Å². The molecular weight excluding hydrogens is 254 g/mol. The molecule has 1 amide bonds. The highest BCUT2D eigenvalue weighted by Crippen LogP contribution is 2.31. The Hall–Kier alpha value is -1.55. The highest BCUT2D eigenvalue weighted by Gasteiger charge is 2.38. The van der Waals surface area contributed by atoms with E-state index >= 15 is 0 Å². The second-order valence-corrected chi connectivity index (χ2v) is 4.71. The number of methoxy groups -OCH3 is 1. The van der Waals surface area contributed by atoms with E-state index in [4.69, 9.17) is 16.3 Å². The lowest BCUT2D eigenvalue weighted by molar-refractivity contribution is -0.142. The first-order valence-electron chi connectivity index (χ1n) is 5.70. The van der Waals surface area contributed by atoms with Gasteiger partial charge in [-0.25, -0.2) is 4.79 Å². The Morgan fingerprint density at radius 3 is 2.83 bits per heavy atom. The molecule has 1 atom stereocenters. The van der Waals surface area contributed by atoms with Crippen LogP contribution < -0.4 is 4.90 Å². The Morgan fingerprint density at radius 2 is 2.22 bits per heavy atom. The highest BCUT2D eigenvalue weighted by molar-refractivity contribution is 6.30. The van der Waals surface area contributed by atoms with Crippen molar-refractivity contribution in [1.29, 1.82) is 0 Å². The van der Waals surface area contributed by atoms with Crippen LogP contribution in [-0.4, -0.2) is 25.0 Å². The van der Waals surface area contributed by atoms with Crippen LogP contribution in [0.5, 0.6) is 0 Å². The molecule has 0 N–H and O–H groups in total. The lowest BCUT2D eigenvalue weighted by Crippen LogP contribution is -2.39. The van der Waals surface area contributed by atoms with Gasteiger partial charge in [0.15, 0.2) is 0 Å². The fourth-order valence-electron chi connectivity index (χ4n) is 2.23. The minimum atomic E-state index is -0.526. The number of carbonyl (C=O) groups is 2. The van der Waals surface area contributed by atoms with Crippen molar-refractivity contribution in [2.24, 2.45) is 0 Å². The van der Waals surface area contributed by atoms with Gasteiger partial charge >= 0.3 is 5.97 Å². The van der Waals surface area contributed by atoms with E-state index < -0.39 is 6.04 Å². The van der Waals surface area contributed by atoms with Crippen molar-refractivity contribution in [1.82, 2.24) is 0 Å². The van der Waals surface area contributed by atoms with Crippen LogP contribution in [0.25, 0.3) is 0 Å². The molecule has 0 aromatic heterocycles. The summed E-state index contributed by atoms with van der Waals surface area (Å²) in [6.45, 7) is 1.86. The van der Waals surface area contributed by atoms with Crippen molar-refractivity contribution in [3.63, 3.8) is 0 Å². The van der Waals surface area contributed by atoms with E-state index in [9.17, 15) is 9.59 Å². The van der Waals surface area contributed by atoms with Crippen molar-refractivity contribution in [2.75, 3.05) is 12.0 Å². The van der Waals surface area contributed by atoms with Gasteiger partial charge in [0.05, 0.1) is 7.11 Å². The van der Waals surface area contributed by atoms with Gasteiger partial charge in [0.2, 0.25) is 5.91 Å². The van der Waals surface area contributed by atoms with Gasteiger partial charge in [-0.3, -0.25) is 9.69 Å². The molecule has 1 fully saturated rings. The van der Waals surface area contributed by atoms with Gasteiger partial charge in [0.1, 0.15) is 6.04 Å². The minimum Gasteiger partial charge on any atom is -0.467 e. The first-order chi connectivity index (χ1) is 8.54. The number of anilines is 1. The predicted octanol–water partition coefficient (Wildman–Crippen LogP) is 2.32. The van der Waals surface area contributed by atoms with Crippen molar-refractivity contribution >= 4 is 29.2 Å². The number of benzene rings is 1. The fourth-order valence-corrected chi connectivity index (χ4v) is 2.46. The van der Waals surface area contributed by atoms with Crippen LogP contribution >= 0.6 is 11.6 Å². The Bertz CT molecular complexity index is 501. The zero-order valence-corrected chi connectivity index (χ0v) is 11.0. The van der Waals surface area contributed by atoms with Gasteiger partial charge in [-0.2, -0.15) is 0 Å². The first kappa shape index (κ1) is 12.9. The summed E-state index contributed by atoms with van der Waals surface area (Å²) in [5.74, 6) is -0.439. The van der Waals surface area contributed by atoms with Crippen LogP contribution in [0.3, 0.4) is 0 Å². The number of hydrogen-bond donors (Lipinski definition) is 0. The average molecular weight is 268 g/mol. The van der Waals surface area contributed by atoms with Crippen molar-refractivity contribution < 1.29 is 14.3 Å². The lowest BCUT2D eigenvalue weighted by atomic mass is 10.1. The van der Waals surface area contributed by atoms with Crippen LogP contribution in [0.2, 0.25) is 5.02 Å². The normalized spacial score (nSPS) is 19.2. The smallest absolute Gasteiger partial charge is 0.328 e. The molecule has 0 spiro atoms. The molecule has 1 heterocycles. The summed E-state index contributed by atoms with van der Waals surface area (Å²) in [5.41, 5.74) is 1.59. The summed E-state index contributed by atoms with van der Waals surface area (Å²) in [5, 5.41) is 0.609. The zero-order chi connectivity index (χ0) is 13.3. The maximum Gasteiger partial charge on any atom is 0.328 e. The maximum absolute atomic E-state index is 11.9. The SMILES string of the molecule is COC(=O)C1CCC(=O)N1c1ccc(Cl)cc1C. The number of nitrogens with zero attached hydrogens (tertiary/aromatic N) is 1. The summed E-state index contributed by atoms with van der Waals surface area (Å²) in [4.78, 5) is 25.1. The van der Waals surface area contributed by atoms with E-state index in [1.807, 2.05) is 6.92 Å². The molecule has 1 unspecified atom stereocenters. The molecule has 1 aliphatic heterocycles. The van der Waals surface area contributed by atoms with Crippen LogP contribution in [0.15, 0.2) is 18.2 Å². The molecule has 1 saturated heterocycles. The van der Waals surface area contributed by atoms with E-state index in [0.29, 0.717) is 17.9 Å². The monoisotopic (exact) mass is 267 g/mol. The van der Waals surface area contributed by atoms with Crippen molar-refractivity contribution in [3.8, 4) is 0 Å². The second kappa shape index (κ2) is 4.98. The van der Waals surface area contributed by atoms with E-state index in [1.165, 1.54) is 12.0 Å². The molecule has 0 bridgehead atoms. The highest BCUT2D eigenvalue weighted by atomic mass is 35.5. The predicted molar refractivity (Wildman–Crippen MR) is 68.7 cm³/mol. The molecule has 1 aliphatic rings. The number of hydrogen-bond acceptors (Lipinski definition) is 3. The number of ether oxygens (including phenoxy) is 1. The van der Waals surface area contributed by atoms with Crippen LogP contribution in [0.1, 0.15) is 18.4 Å². The number of aryl methyl sites for hydroxylation is 1. The molecule has 4 nitrogen and oxygen atoms in total. The van der Waals surface area contributed by atoms with Crippen LogP contribution in [0, 0.1) is 6.92 Å². The molecule has 0 saturated carbocycles. The summed E-state index contributed by atoms with van der Waals surface area (Å²) < 4.78 is 4.74. The topological polar surface area (TPSA) is 46.6 Å². The molecule has 1 aromatic carbocycles. The van der Waals surface area contributed by atoms with Crippen molar-refractivity contribution in [2.45, 2.75) is 25.8 Å². The molecule has 1 aromatic rings.